The molecule has 2 N–H and O–H groups in total. The number of halogens is 1. The lowest BCUT2D eigenvalue weighted by Crippen LogP contribution is -2.61. The van der Waals surface area contributed by atoms with Crippen LogP contribution in [0, 0.1) is 11.8 Å². The largest absolute Gasteiger partial charge is 0.455 e. The molecule has 9 atom stereocenters. The number of fused-ring (bicyclic) bond motifs is 1. The summed E-state index contributed by atoms with van der Waals surface area (Å²) in [5, 5.41) is 14.0. The summed E-state index contributed by atoms with van der Waals surface area (Å²) in [4.78, 5) is 61.1. The van der Waals surface area contributed by atoms with Crippen molar-refractivity contribution < 1.29 is 38.5 Å². The van der Waals surface area contributed by atoms with Gasteiger partial charge in [-0.05, 0) is 43.2 Å². The topological polar surface area (TPSA) is 135 Å². The average molecular weight is 821 g/mol. The van der Waals surface area contributed by atoms with Gasteiger partial charge in [0.25, 0.3) is 0 Å². The SMILES string of the molecule is C=CCCC(=O)N[C@H](COC)[C@H](OC(=O)[C@H]1[C@@H]2O[C@@]3(CC2Br)[C@@H]1C(=O)N([C@@H](CO)Cc1ccccc1)[C@@H]3C(=O)N(CC=C)C1CCCCC1)c1ccccc1. The van der Waals surface area contributed by atoms with Gasteiger partial charge in [-0.15, -0.1) is 13.2 Å². The number of aliphatic hydroxyl groups excluding tert-OH is 1. The summed E-state index contributed by atoms with van der Waals surface area (Å²) in [6.45, 7) is 7.63. The van der Waals surface area contributed by atoms with Crippen molar-refractivity contribution in [3.63, 3.8) is 0 Å². The maximum Gasteiger partial charge on any atom is 0.313 e. The number of nitrogens with one attached hydrogen (secondary N) is 1. The lowest BCUT2D eigenvalue weighted by atomic mass is 9.70. The van der Waals surface area contributed by atoms with Crippen molar-refractivity contribution >= 4 is 39.6 Å². The second kappa shape index (κ2) is 18.4. The van der Waals surface area contributed by atoms with Crippen LogP contribution in [0.2, 0.25) is 0 Å². The van der Waals surface area contributed by atoms with E-state index in [0.29, 0.717) is 31.4 Å². The minimum atomic E-state index is -1.36. The van der Waals surface area contributed by atoms with E-state index in [1.807, 2.05) is 65.6 Å². The fraction of sp³-hybridized carbons (Fsp3) is 0.535. The van der Waals surface area contributed by atoms with E-state index >= 15 is 9.59 Å². The number of amides is 3. The second-order valence-electron chi connectivity index (χ2n) is 15.2. The number of rotatable bonds is 18. The van der Waals surface area contributed by atoms with Crippen molar-refractivity contribution in [1.29, 1.82) is 0 Å². The van der Waals surface area contributed by atoms with E-state index < -0.39 is 66.3 Å². The van der Waals surface area contributed by atoms with Gasteiger partial charge in [-0.2, -0.15) is 0 Å². The molecule has 2 aromatic rings. The van der Waals surface area contributed by atoms with E-state index in [2.05, 4.69) is 34.4 Å². The molecule has 3 heterocycles. The molecule has 1 saturated carbocycles. The Bertz CT molecular complexity index is 1670. The molecule has 4 aliphatic rings. The van der Waals surface area contributed by atoms with E-state index in [1.165, 1.54) is 12.0 Å². The van der Waals surface area contributed by atoms with Gasteiger partial charge in [-0.3, -0.25) is 19.2 Å². The highest BCUT2D eigenvalue weighted by molar-refractivity contribution is 9.09. The van der Waals surface area contributed by atoms with Crippen molar-refractivity contribution in [2.45, 2.75) is 105 Å². The number of nitrogens with zero attached hydrogens (tertiary/aromatic N) is 2. The van der Waals surface area contributed by atoms with Crippen molar-refractivity contribution in [3.8, 4) is 0 Å². The first-order valence-electron chi connectivity index (χ1n) is 19.5. The lowest BCUT2D eigenvalue weighted by Gasteiger charge is -2.42. The summed E-state index contributed by atoms with van der Waals surface area (Å²) in [6.07, 6.45) is 7.73. The number of hydrogen-bond acceptors (Lipinski definition) is 8. The number of alkyl halides is 1. The Morgan fingerprint density at radius 1 is 1.07 bits per heavy atom. The van der Waals surface area contributed by atoms with Crippen LogP contribution < -0.4 is 5.32 Å². The van der Waals surface area contributed by atoms with Crippen LogP contribution >= 0.6 is 15.9 Å². The summed E-state index contributed by atoms with van der Waals surface area (Å²) in [5.74, 6) is -3.71. The third-order valence-electron chi connectivity index (χ3n) is 11.8. The van der Waals surface area contributed by atoms with Crippen LogP contribution in [0.5, 0.6) is 0 Å². The maximum absolute atomic E-state index is 15.2. The molecule has 3 amide bonds. The Balaban J connectivity index is 1.39. The molecular formula is C43H54BrN3O8. The Kier molecular flexibility index (Phi) is 13.7. The number of carbonyl (C=O) groups is 4. The van der Waals surface area contributed by atoms with Gasteiger partial charge in [-0.25, -0.2) is 0 Å². The Morgan fingerprint density at radius 2 is 1.76 bits per heavy atom. The van der Waals surface area contributed by atoms with Gasteiger partial charge in [0.05, 0.1) is 43.2 Å². The molecule has 3 saturated heterocycles. The first-order valence-corrected chi connectivity index (χ1v) is 20.4. The smallest absolute Gasteiger partial charge is 0.313 e. The van der Waals surface area contributed by atoms with Crippen LogP contribution in [-0.4, -0.2) is 106 Å². The number of aliphatic hydroxyl groups is 1. The number of likely N-dealkylation sites (tertiary alicyclic amines) is 1. The fourth-order valence-electron chi connectivity index (χ4n) is 9.38. The molecule has 11 nitrogen and oxygen atoms in total. The highest BCUT2D eigenvalue weighted by Gasteiger charge is 2.77. The van der Waals surface area contributed by atoms with Crippen LogP contribution in [0.25, 0.3) is 0 Å². The van der Waals surface area contributed by atoms with Crippen molar-refractivity contribution in [3.05, 3.63) is 97.1 Å². The Labute approximate surface area is 332 Å². The molecule has 1 aliphatic carbocycles. The number of ether oxygens (including phenoxy) is 3. The molecule has 1 spiro atoms. The molecule has 0 radical (unpaired) electrons. The molecule has 55 heavy (non-hydrogen) atoms. The van der Waals surface area contributed by atoms with E-state index in [-0.39, 0.29) is 35.7 Å². The summed E-state index contributed by atoms with van der Waals surface area (Å²) in [5.41, 5.74) is 0.177. The molecule has 12 heteroatoms. The minimum Gasteiger partial charge on any atom is -0.455 e. The molecule has 0 aromatic heterocycles. The molecule has 2 aromatic carbocycles. The zero-order chi connectivity index (χ0) is 39.1. The van der Waals surface area contributed by atoms with E-state index in [9.17, 15) is 14.7 Å². The molecular weight excluding hydrogens is 766 g/mol. The van der Waals surface area contributed by atoms with Crippen LogP contribution in [0.4, 0.5) is 0 Å². The normalized spacial score (nSPS) is 27.5. The van der Waals surface area contributed by atoms with Gasteiger partial charge in [0.1, 0.15) is 17.7 Å². The van der Waals surface area contributed by atoms with E-state index in [4.69, 9.17) is 14.2 Å². The molecule has 3 aliphatic heterocycles. The summed E-state index contributed by atoms with van der Waals surface area (Å²) in [7, 11) is 1.51. The van der Waals surface area contributed by atoms with Gasteiger partial charge in [0, 0.05) is 30.9 Å². The van der Waals surface area contributed by atoms with Crippen molar-refractivity contribution in [1.82, 2.24) is 15.1 Å². The van der Waals surface area contributed by atoms with Gasteiger partial charge in [-0.1, -0.05) is 108 Å². The third kappa shape index (κ3) is 8.33. The van der Waals surface area contributed by atoms with Crippen LogP contribution in [0.1, 0.15) is 68.6 Å². The van der Waals surface area contributed by atoms with Gasteiger partial charge in [0.2, 0.25) is 17.7 Å². The van der Waals surface area contributed by atoms with Crippen LogP contribution in [0.3, 0.4) is 0 Å². The molecule has 6 rings (SSSR count). The summed E-state index contributed by atoms with van der Waals surface area (Å²) >= 11 is 3.79. The zero-order valence-corrected chi connectivity index (χ0v) is 33.2. The number of hydrogen-bond donors (Lipinski definition) is 2. The molecule has 4 fully saturated rings. The monoisotopic (exact) mass is 819 g/mol. The fourth-order valence-corrected chi connectivity index (χ4v) is 10.3. The first kappa shape index (κ1) is 40.8. The Morgan fingerprint density at radius 3 is 2.40 bits per heavy atom. The van der Waals surface area contributed by atoms with Crippen LogP contribution in [0.15, 0.2) is 86.0 Å². The predicted octanol–water partition coefficient (Wildman–Crippen LogP) is 5.07. The second-order valence-corrected chi connectivity index (χ2v) is 16.4. The Hall–Kier alpha value is -3.84. The minimum absolute atomic E-state index is 0.0291. The third-order valence-corrected chi connectivity index (χ3v) is 12.6. The van der Waals surface area contributed by atoms with Crippen LogP contribution in [-0.2, 0) is 39.8 Å². The van der Waals surface area contributed by atoms with Gasteiger partial charge in [0.15, 0.2) is 0 Å². The quantitative estimate of drug-likeness (QED) is 0.121. The molecule has 296 valence electrons. The number of carbonyl (C=O) groups excluding carboxylic acids is 4. The number of methoxy groups -OCH3 is 1. The number of esters is 1. The van der Waals surface area contributed by atoms with E-state index in [1.54, 1.807) is 12.2 Å². The number of allylic oxidation sites excluding steroid dienone is 1. The van der Waals surface area contributed by atoms with Crippen molar-refractivity contribution in [2.24, 2.45) is 11.8 Å². The highest BCUT2D eigenvalue weighted by Crippen LogP contribution is 2.61. The van der Waals surface area contributed by atoms with E-state index in [0.717, 1.165) is 37.7 Å². The summed E-state index contributed by atoms with van der Waals surface area (Å²) in [6, 6.07) is 16.0. The standard InChI is InChI=1S/C43H54BrN3O8/c1-4-6-22-34(49)45-33(27-53-3)37(29-18-12-8-13-19-29)54-42(52)35-36-40(50)47(31(26-48)24-28-16-10-7-11-17-28)39(43(36)25-32(44)38(35)55-43)41(51)46(23-5-2)30-20-14-9-15-21-30/h4-5,7-8,10-13,16-19,30-33,35-39,48H,1-2,6,9,14-15,20-27H2,3H3,(H,45,49)/t31-,32?,33-,35-,36+,37-,38-,39-,43+/m1/s1. The lowest BCUT2D eigenvalue weighted by molar-refractivity contribution is -0.163. The van der Waals surface area contributed by atoms with Crippen molar-refractivity contribution in [2.75, 3.05) is 26.9 Å². The first-order chi connectivity index (χ1) is 26.7. The number of benzene rings is 2. The van der Waals surface area contributed by atoms with Gasteiger partial charge < -0.3 is 34.4 Å². The predicted molar refractivity (Wildman–Crippen MR) is 211 cm³/mol. The molecule has 1 unspecified atom stereocenters. The maximum atomic E-state index is 15.2. The molecule has 2 bridgehead atoms. The van der Waals surface area contributed by atoms with Gasteiger partial charge >= 0.3 is 5.97 Å². The zero-order valence-electron chi connectivity index (χ0n) is 31.6. The average Bonchev–Trinajstić information content (AvgIpc) is 3.81. The highest BCUT2D eigenvalue weighted by atomic mass is 79.9. The summed E-state index contributed by atoms with van der Waals surface area (Å²) < 4.78 is 18.8.